The third-order valence-electron chi connectivity index (χ3n) is 0. The van der Waals surface area contributed by atoms with Gasteiger partial charge in [-0.1, -0.05) is 0 Å². The summed E-state index contributed by atoms with van der Waals surface area (Å²) in [5.41, 5.74) is 0. The van der Waals surface area contributed by atoms with E-state index < -0.39 is 0 Å². The van der Waals surface area contributed by atoms with E-state index >= 15 is 0 Å². The minimum absolute atomic E-state index is 0. The maximum atomic E-state index is 2.12. The largest absolute Gasteiger partial charge is 1.00 e. The standard InChI is InChI=1S/C4H12N.BrH/c1-5(2,3)4;/h1-4H3;1H/q+1;/p-1/i1+1,2+1,3+1,4+1;. The Morgan fingerprint density at radius 1 is 0.833 bits per heavy atom. The van der Waals surface area contributed by atoms with E-state index in [4.69, 9.17) is 0 Å². The molecule has 0 aromatic carbocycles. The van der Waals surface area contributed by atoms with E-state index in [1.807, 2.05) is 0 Å². The van der Waals surface area contributed by atoms with Crippen molar-refractivity contribution >= 4 is 0 Å². The smallest absolute Gasteiger partial charge is 0.0675 e. The van der Waals surface area contributed by atoms with Gasteiger partial charge in [0.1, 0.15) is 0 Å². The molecule has 2 heteroatoms. The first-order chi connectivity index (χ1) is 2.00. The number of quaternary nitrogens is 1. The summed E-state index contributed by atoms with van der Waals surface area (Å²) in [7, 11) is 8.50. The molecular formula is C4H12BrN. The van der Waals surface area contributed by atoms with Gasteiger partial charge in [-0.25, -0.2) is 0 Å². The fourth-order valence-electron chi connectivity index (χ4n) is 0. The van der Waals surface area contributed by atoms with Gasteiger partial charge >= 0.3 is 0 Å². The molecule has 40 valence electrons. The topological polar surface area (TPSA) is 0 Å². The van der Waals surface area contributed by atoms with Crippen LogP contribution in [0.15, 0.2) is 0 Å². The van der Waals surface area contributed by atoms with Crippen molar-refractivity contribution in [2.75, 3.05) is 28.2 Å². The summed E-state index contributed by atoms with van der Waals surface area (Å²) < 4.78 is 1.00. The number of hydrogen-bond acceptors (Lipinski definition) is 0. The van der Waals surface area contributed by atoms with E-state index in [0.717, 1.165) is 4.48 Å². The van der Waals surface area contributed by atoms with E-state index in [-0.39, 0.29) is 17.0 Å². The van der Waals surface area contributed by atoms with Gasteiger partial charge in [-0.15, -0.1) is 0 Å². The van der Waals surface area contributed by atoms with E-state index in [1.165, 1.54) is 0 Å². The number of nitrogens with zero attached hydrogens (tertiary/aromatic N) is 1. The summed E-state index contributed by atoms with van der Waals surface area (Å²) in [5, 5.41) is 0. The van der Waals surface area contributed by atoms with Gasteiger partial charge in [-0.3, -0.25) is 0 Å². The fourth-order valence-corrected chi connectivity index (χ4v) is 0. The van der Waals surface area contributed by atoms with Crippen molar-refractivity contribution < 1.29 is 21.5 Å². The summed E-state index contributed by atoms with van der Waals surface area (Å²) >= 11 is 0. The Kier molecular flexibility index (Phi) is 4.17. The van der Waals surface area contributed by atoms with Crippen LogP contribution in [-0.2, 0) is 0 Å². The van der Waals surface area contributed by atoms with Crippen LogP contribution in [0, 0.1) is 0 Å². The highest BCUT2D eigenvalue weighted by molar-refractivity contribution is 3.87. The van der Waals surface area contributed by atoms with Crippen LogP contribution in [0.4, 0.5) is 0 Å². The summed E-state index contributed by atoms with van der Waals surface area (Å²) in [6, 6.07) is 0. The lowest BCUT2D eigenvalue weighted by Crippen LogP contribution is -3.00. The quantitative estimate of drug-likeness (QED) is 0.266. The van der Waals surface area contributed by atoms with Crippen molar-refractivity contribution in [3.05, 3.63) is 0 Å². The monoisotopic (exact) mass is 157 g/mol. The third kappa shape index (κ3) is 271. The molecule has 0 fully saturated rings. The van der Waals surface area contributed by atoms with Gasteiger partial charge in [0.25, 0.3) is 0 Å². The molecule has 0 saturated carbocycles. The molecular weight excluding hydrogens is 146 g/mol. The molecule has 0 saturated heterocycles. The number of hydrogen-bond donors (Lipinski definition) is 0. The molecule has 0 amide bonds. The zero-order valence-electron chi connectivity index (χ0n) is 4.83. The lowest BCUT2D eigenvalue weighted by atomic mass is 11.4. The Morgan fingerprint density at radius 2 is 0.833 bits per heavy atom. The molecule has 0 heterocycles. The van der Waals surface area contributed by atoms with Crippen LogP contribution >= 0.6 is 0 Å². The van der Waals surface area contributed by atoms with Crippen LogP contribution in [0.1, 0.15) is 0 Å². The predicted octanol–water partition coefficient (Wildman–Crippen LogP) is -2.67. The van der Waals surface area contributed by atoms with E-state index in [0.29, 0.717) is 0 Å². The molecule has 0 aliphatic rings. The number of rotatable bonds is 0. The van der Waals surface area contributed by atoms with E-state index in [2.05, 4.69) is 28.2 Å². The van der Waals surface area contributed by atoms with Gasteiger partial charge in [0.2, 0.25) is 0 Å². The molecule has 0 aromatic rings. The van der Waals surface area contributed by atoms with Gasteiger partial charge in [-0.2, -0.15) is 0 Å². The van der Waals surface area contributed by atoms with E-state index in [1.54, 1.807) is 0 Å². The molecule has 1 nitrogen and oxygen atoms in total. The average molecular weight is 158 g/mol. The Bertz CT molecular complexity index is 23.0. The second kappa shape index (κ2) is 2.59. The van der Waals surface area contributed by atoms with Crippen molar-refractivity contribution in [2.45, 2.75) is 0 Å². The van der Waals surface area contributed by atoms with Crippen LogP contribution in [0.3, 0.4) is 0 Å². The lowest BCUT2D eigenvalue weighted by molar-refractivity contribution is -0.849. The Morgan fingerprint density at radius 3 is 0.833 bits per heavy atom. The molecule has 0 N–H and O–H groups in total. The molecule has 0 unspecified atom stereocenters. The van der Waals surface area contributed by atoms with Gasteiger partial charge in [0, 0.05) is 0 Å². The fraction of sp³-hybridized carbons (Fsp3) is 1.00. The minimum atomic E-state index is 0. The maximum Gasteiger partial charge on any atom is 0.0675 e. The van der Waals surface area contributed by atoms with Crippen LogP contribution < -0.4 is 17.0 Å². The van der Waals surface area contributed by atoms with Gasteiger partial charge < -0.3 is 21.5 Å². The first kappa shape index (κ1) is 9.67. The molecule has 0 bridgehead atoms. The Hall–Kier alpha value is 0.440. The maximum absolute atomic E-state index is 2.12. The molecule has 0 rings (SSSR count). The van der Waals surface area contributed by atoms with Crippen LogP contribution in [0.2, 0.25) is 0 Å². The molecule has 6 heavy (non-hydrogen) atoms. The highest BCUT2D eigenvalue weighted by Crippen LogP contribution is 1.73. The first-order valence-electron chi connectivity index (χ1n) is 1.79. The van der Waals surface area contributed by atoms with Gasteiger partial charge in [-0.05, 0) is 0 Å². The van der Waals surface area contributed by atoms with Gasteiger partial charge in [0.15, 0.2) is 0 Å². The Balaban J connectivity index is 0. The normalized spacial score (nSPS) is 10.0. The summed E-state index contributed by atoms with van der Waals surface area (Å²) in [6.07, 6.45) is 0. The van der Waals surface area contributed by atoms with Crippen LogP contribution in [-0.4, -0.2) is 32.7 Å². The van der Waals surface area contributed by atoms with Crippen molar-refractivity contribution in [3.8, 4) is 0 Å². The second-order valence-electron chi connectivity index (χ2n) is 2.68. The van der Waals surface area contributed by atoms with Gasteiger partial charge in [0.05, 0.1) is 28.2 Å². The van der Waals surface area contributed by atoms with Crippen molar-refractivity contribution in [3.63, 3.8) is 0 Å². The minimum Gasteiger partial charge on any atom is -1.00 e. The first-order valence-corrected chi connectivity index (χ1v) is 1.79. The van der Waals surface area contributed by atoms with Crippen molar-refractivity contribution in [2.24, 2.45) is 0 Å². The van der Waals surface area contributed by atoms with Crippen LogP contribution in [0.25, 0.3) is 0 Å². The molecule has 0 atom stereocenters. The zero-order valence-corrected chi connectivity index (χ0v) is 6.41. The Labute approximate surface area is 50.3 Å². The molecule has 0 aliphatic carbocycles. The summed E-state index contributed by atoms with van der Waals surface area (Å²) in [6.45, 7) is 0. The predicted molar refractivity (Wildman–Crippen MR) is 24.0 cm³/mol. The SMILES string of the molecule is [13CH3][N+]([13CH3])([13CH3])[13CH3].[Br-]. The lowest BCUT2D eigenvalue weighted by Gasteiger charge is -2.14. The summed E-state index contributed by atoms with van der Waals surface area (Å²) in [5.74, 6) is 0. The third-order valence-corrected chi connectivity index (χ3v) is 0. The molecule has 0 aliphatic heterocycles. The van der Waals surface area contributed by atoms with E-state index in [9.17, 15) is 0 Å². The second-order valence-corrected chi connectivity index (χ2v) is 2.68. The van der Waals surface area contributed by atoms with Crippen molar-refractivity contribution in [1.82, 2.24) is 0 Å². The summed E-state index contributed by atoms with van der Waals surface area (Å²) in [4.78, 5) is 0. The molecule has 0 spiro atoms. The van der Waals surface area contributed by atoms with Crippen molar-refractivity contribution in [1.29, 1.82) is 0 Å². The number of halogens is 1. The highest BCUT2D eigenvalue weighted by atomic mass is 79.9. The zero-order chi connectivity index (χ0) is 4.50. The molecule has 0 radical (unpaired) electrons. The highest BCUT2D eigenvalue weighted by Gasteiger charge is 1.88. The average Bonchev–Trinajstić information content (AvgIpc) is 0.722. The molecule has 0 aromatic heterocycles. The van der Waals surface area contributed by atoms with Crippen LogP contribution in [0.5, 0.6) is 0 Å².